The van der Waals surface area contributed by atoms with Gasteiger partial charge in [-0.1, -0.05) is 0 Å². The molecular weight excluding hydrogens is 222 g/mol. The molecule has 0 bridgehead atoms. The van der Waals surface area contributed by atoms with Crippen LogP contribution in [0.3, 0.4) is 0 Å². The predicted octanol–water partition coefficient (Wildman–Crippen LogP) is 1.69. The van der Waals surface area contributed by atoms with Gasteiger partial charge in [0.25, 0.3) is 0 Å². The molecule has 0 spiro atoms. The van der Waals surface area contributed by atoms with E-state index >= 15 is 0 Å². The number of rotatable bonds is 2. The molecule has 2 atom stereocenters. The van der Waals surface area contributed by atoms with Crippen molar-refractivity contribution in [1.29, 1.82) is 0 Å². The Balaban J connectivity index is 1.58. The zero-order chi connectivity index (χ0) is 12.5. The highest BCUT2D eigenvalue weighted by Gasteiger charge is 2.38. The van der Waals surface area contributed by atoms with E-state index < -0.39 is 0 Å². The Kier molecular flexibility index (Phi) is 3.92. The predicted molar refractivity (Wildman–Crippen MR) is 75.9 cm³/mol. The van der Waals surface area contributed by atoms with Gasteiger partial charge in [-0.25, -0.2) is 0 Å². The minimum atomic E-state index is 0.774. The molecule has 3 heteroatoms. The van der Waals surface area contributed by atoms with Crippen LogP contribution in [0.4, 0.5) is 0 Å². The smallest absolute Gasteiger partial charge is 0.0224 e. The Bertz CT molecular complexity index is 273. The summed E-state index contributed by atoms with van der Waals surface area (Å²) in [5.74, 6) is 0. The molecule has 3 rings (SSSR count). The Morgan fingerprint density at radius 3 is 2.44 bits per heavy atom. The summed E-state index contributed by atoms with van der Waals surface area (Å²) >= 11 is 0. The second kappa shape index (κ2) is 5.48. The molecule has 0 aromatic rings. The molecule has 2 unspecified atom stereocenters. The van der Waals surface area contributed by atoms with Gasteiger partial charge in [0, 0.05) is 37.3 Å². The maximum atomic E-state index is 3.45. The lowest BCUT2D eigenvalue weighted by atomic mass is 9.88. The first-order chi connectivity index (χ1) is 8.78. The first-order valence-electron chi connectivity index (χ1n) is 7.95. The largest absolute Gasteiger partial charge is 0.317 e. The summed E-state index contributed by atoms with van der Waals surface area (Å²) in [6, 6.07) is 3.30. The molecule has 0 amide bonds. The van der Waals surface area contributed by atoms with Crippen molar-refractivity contribution >= 4 is 0 Å². The van der Waals surface area contributed by atoms with E-state index in [9.17, 15) is 0 Å². The van der Waals surface area contributed by atoms with Crippen LogP contribution in [-0.2, 0) is 0 Å². The Hall–Kier alpha value is -0.120. The van der Waals surface area contributed by atoms with Crippen molar-refractivity contribution in [2.45, 2.75) is 69.6 Å². The lowest BCUT2D eigenvalue weighted by Gasteiger charge is -2.47. The molecule has 3 nitrogen and oxygen atoms in total. The summed E-state index contributed by atoms with van der Waals surface area (Å²) in [5.41, 5.74) is 0. The van der Waals surface area contributed by atoms with Crippen molar-refractivity contribution in [3.63, 3.8) is 0 Å². The number of nitrogens with zero attached hydrogens (tertiary/aromatic N) is 2. The summed E-state index contributed by atoms with van der Waals surface area (Å²) in [7, 11) is 2.12. The van der Waals surface area contributed by atoms with Gasteiger partial charge in [0.15, 0.2) is 0 Å². The standard InChI is InChI=1S/C15H29N3/c1-12-10-17-9-3-4-15(17)11-18(12)14-7-5-13(16-2)6-8-14/h12-16H,3-11H2,1-2H3. The lowest BCUT2D eigenvalue weighted by molar-refractivity contribution is 0.0136. The second-order valence-electron chi connectivity index (χ2n) is 6.63. The Morgan fingerprint density at radius 2 is 1.72 bits per heavy atom. The number of nitrogens with one attached hydrogen (secondary N) is 1. The zero-order valence-corrected chi connectivity index (χ0v) is 12.1. The molecule has 0 radical (unpaired) electrons. The first kappa shape index (κ1) is 12.9. The van der Waals surface area contributed by atoms with Gasteiger partial charge in [0.2, 0.25) is 0 Å². The minimum absolute atomic E-state index is 0.774. The molecule has 2 saturated heterocycles. The van der Waals surface area contributed by atoms with Crippen LogP contribution >= 0.6 is 0 Å². The van der Waals surface area contributed by atoms with E-state index in [1.54, 1.807) is 0 Å². The van der Waals surface area contributed by atoms with Crippen molar-refractivity contribution in [3.8, 4) is 0 Å². The fourth-order valence-electron chi connectivity index (χ4n) is 4.41. The average molecular weight is 251 g/mol. The molecule has 1 saturated carbocycles. The topological polar surface area (TPSA) is 18.5 Å². The van der Waals surface area contributed by atoms with E-state index in [0.29, 0.717) is 0 Å². The first-order valence-corrected chi connectivity index (χ1v) is 7.95. The maximum Gasteiger partial charge on any atom is 0.0224 e. The van der Waals surface area contributed by atoms with Crippen molar-refractivity contribution in [2.24, 2.45) is 0 Å². The molecule has 2 aliphatic heterocycles. The van der Waals surface area contributed by atoms with Gasteiger partial charge in [-0.05, 0) is 59.0 Å². The van der Waals surface area contributed by atoms with Crippen LogP contribution in [0.15, 0.2) is 0 Å². The average Bonchev–Trinajstić information content (AvgIpc) is 2.85. The Labute approximate surface area is 112 Å². The molecule has 0 aromatic heterocycles. The normalized spacial score (nSPS) is 43.0. The van der Waals surface area contributed by atoms with Gasteiger partial charge in [0.05, 0.1) is 0 Å². The van der Waals surface area contributed by atoms with E-state index in [-0.39, 0.29) is 0 Å². The van der Waals surface area contributed by atoms with Crippen molar-refractivity contribution < 1.29 is 0 Å². The van der Waals surface area contributed by atoms with Crippen LogP contribution in [0.25, 0.3) is 0 Å². The van der Waals surface area contributed by atoms with Crippen LogP contribution in [0.5, 0.6) is 0 Å². The van der Waals surface area contributed by atoms with E-state index in [4.69, 9.17) is 0 Å². The van der Waals surface area contributed by atoms with Gasteiger partial charge >= 0.3 is 0 Å². The summed E-state index contributed by atoms with van der Waals surface area (Å²) in [6.07, 6.45) is 8.43. The SMILES string of the molecule is CNC1CCC(N2CC3CCCN3CC2C)CC1. The van der Waals surface area contributed by atoms with Gasteiger partial charge in [-0.2, -0.15) is 0 Å². The third-order valence-electron chi connectivity index (χ3n) is 5.56. The highest BCUT2D eigenvalue weighted by molar-refractivity contribution is 4.94. The quantitative estimate of drug-likeness (QED) is 0.806. The van der Waals surface area contributed by atoms with Gasteiger partial charge in [-0.15, -0.1) is 0 Å². The summed E-state index contributed by atoms with van der Waals surface area (Å²) in [5, 5.41) is 3.45. The fraction of sp³-hybridized carbons (Fsp3) is 1.00. The molecule has 104 valence electrons. The second-order valence-corrected chi connectivity index (χ2v) is 6.63. The summed E-state index contributed by atoms with van der Waals surface area (Å²) < 4.78 is 0. The monoisotopic (exact) mass is 251 g/mol. The fourth-order valence-corrected chi connectivity index (χ4v) is 4.41. The van der Waals surface area contributed by atoms with Gasteiger partial charge in [-0.3, -0.25) is 9.80 Å². The van der Waals surface area contributed by atoms with Gasteiger partial charge in [0.1, 0.15) is 0 Å². The van der Waals surface area contributed by atoms with Crippen LogP contribution in [-0.4, -0.2) is 60.6 Å². The highest BCUT2D eigenvalue weighted by atomic mass is 15.3. The molecule has 2 heterocycles. The molecule has 0 aromatic carbocycles. The van der Waals surface area contributed by atoms with Crippen LogP contribution in [0, 0.1) is 0 Å². The highest BCUT2D eigenvalue weighted by Crippen LogP contribution is 2.30. The summed E-state index contributed by atoms with van der Waals surface area (Å²) in [4.78, 5) is 5.58. The van der Waals surface area contributed by atoms with Crippen molar-refractivity contribution in [3.05, 3.63) is 0 Å². The minimum Gasteiger partial charge on any atom is -0.317 e. The number of fused-ring (bicyclic) bond motifs is 1. The molecule has 18 heavy (non-hydrogen) atoms. The van der Waals surface area contributed by atoms with Crippen LogP contribution in [0.1, 0.15) is 45.4 Å². The summed E-state index contributed by atoms with van der Waals surface area (Å²) in [6.45, 7) is 6.46. The van der Waals surface area contributed by atoms with E-state index in [2.05, 4.69) is 29.1 Å². The maximum absolute atomic E-state index is 3.45. The third kappa shape index (κ3) is 2.45. The van der Waals surface area contributed by atoms with Crippen molar-refractivity contribution in [2.75, 3.05) is 26.7 Å². The number of hydrogen-bond acceptors (Lipinski definition) is 3. The van der Waals surface area contributed by atoms with E-state index in [1.807, 2.05) is 0 Å². The van der Waals surface area contributed by atoms with E-state index in [1.165, 1.54) is 58.2 Å². The third-order valence-corrected chi connectivity index (χ3v) is 5.56. The number of hydrogen-bond donors (Lipinski definition) is 1. The molecular formula is C15H29N3. The molecule has 1 N–H and O–H groups in total. The van der Waals surface area contributed by atoms with Crippen LogP contribution in [0.2, 0.25) is 0 Å². The van der Waals surface area contributed by atoms with Gasteiger partial charge < -0.3 is 5.32 Å². The van der Waals surface area contributed by atoms with Crippen molar-refractivity contribution in [1.82, 2.24) is 15.1 Å². The lowest BCUT2D eigenvalue weighted by Crippen LogP contribution is -2.58. The molecule has 3 aliphatic rings. The zero-order valence-electron chi connectivity index (χ0n) is 12.1. The Morgan fingerprint density at radius 1 is 0.944 bits per heavy atom. The van der Waals surface area contributed by atoms with Crippen LogP contribution < -0.4 is 5.32 Å². The van der Waals surface area contributed by atoms with E-state index in [0.717, 1.165) is 24.2 Å². The molecule has 1 aliphatic carbocycles. The number of piperazine rings is 1. The molecule has 3 fully saturated rings.